The summed E-state index contributed by atoms with van der Waals surface area (Å²) in [5.74, 6) is 0. The second-order valence-corrected chi connectivity index (χ2v) is 4.49. The highest BCUT2D eigenvalue weighted by atomic mass is 16.6. The van der Waals surface area contributed by atoms with Crippen molar-refractivity contribution < 1.29 is 4.84 Å². The average Bonchev–Trinajstić information content (AvgIpc) is 2.01. The Bertz CT molecular complexity index is 136. The second-order valence-electron chi connectivity index (χ2n) is 4.49. The minimum atomic E-state index is 0.128. The van der Waals surface area contributed by atoms with Gasteiger partial charge in [-0.2, -0.15) is 0 Å². The minimum absolute atomic E-state index is 0.128. The molecule has 0 unspecified atom stereocenters. The molecule has 0 heterocycles. The third-order valence-corrected chi connectivity index (χ3v) is 1.60. The van der Waals surface area contributed by atoms with E-state index in [9.17, 15) is 0 Å². The highest BCUT2D eigenvalue weighted by molar-refractivity contribution is 5.63. The van der Waals surface area contributed by atoms with Gasteiger partial charge in [0.15, 0.2) is 0 Å². The first kappa shape index (κ1) is 12.5. The Balaban J connectivity index is 3.21. The number of oxime groups is 1. The normalized spacial score (nSPS) is 12.3. The molecule has 0 aromatic heterocycles. The zero-order chi connectivity index (χ0) is 10.2. The van der Waals surface area contributed by atoms with Gasteiger partial charge in [0.05, 0.1) is 0 Å². The van der Waals surface area contributed by atoms with Gasteiger partial charge >= 0.3 is 0 Å². The first-order valence-corrected chi connectivity index (χ1v) is 5.23. The van der Waals surface area contributed by atoms with Gasteiger partial charge in [0, 0.05) is 11.6 Å². The standard InChI is InChI=1S/C11H23NO/c1-5-6-7-8-9-13-12-10-11(2,3)4/h10H,5-9H2,1-4H3. The lowest BCUT2D eigenvalue weighted by atomic mass is 10.00. The van der Waals surface area contributed by atoms with E-state index in [2.05, 4.69) is 32.9 Å². The van der Waals surface area contributed by atoms with Gasteiger partial charge in [-0.1, -0.05) is 45.7 Å². The fourth-order valence-corrected chi connectivity index (χ4v) is 0.841. The number of hydrogen-bond donors (Lipinski definition) is 0. The number of unbranched alkanes of at least 4 members (excludes halogenated alkanes) is 3. The van der Waals surface area contributed by atoms with E-state index in [0.29, 0.717) is 0 Å². The number of nitrogens with zero attached hydrogens (tertiary/aromatic N) is 1. The van der Waals surface area contributed by atoms with Crippen LogP contribution in [0.5, 0.6) is 0 Å². The SMILES string of the molecule is CCCCCCON=CC(C)(C)C. The summed E-state index contributed by atoms with van der Waals surface area (Å²) >= 11 is 0. The Labute approximate surface area is 82.4 Å². The first-order chi connectivity index (χ1) is 6.06. The van der Waals surface area contributed by atoms with Crippen LogP contribution in [0.2, 0.25) is 0 Å². The maximum Gasteiger partial charge on any atom is 0.117 e. The highest BCUT2D eigenvalue weighted by Gasteiger charge is 2.04. The summed E-state index contributed by atoms with van der Waals surface area (Å²) in [5, 5.41) is 3.92. The fraction of sp³-hybridized carbons (Fsp3) is 0.909. The summed E-state index contributed by atoms with van der Waals surface area (Å²) in [6, 6.07) is 0. The second kappa shape index (κ2) is 6.93. The number of hydrogen-bond acceptors (Lipinski definition) is 2. The summed E-state index contributed by atoms with van der Waals surface area (Å²) in [7, 11) is 0. The first-order valence-electron chi connectivity index (χ1n) is 5.23. The number of rotatable bonds is 6. The fourth-order valence-electron chi connectivity index (χ4n) is 0.841. The Kier molecular flexibility index (Phi) is 6.65. The lowest BCUT2D eigenvalue weighted by molar-refractivity contribution is 0.139. The van der Waals surface area contributed by atoms with Crippen molar-refractivity contribution in [1.82, 2.24) is 0 Å². The predicted octanol–water partition coefficient (Wildman–Crippen LogP) is 3.62. The van der Waals surface area contributed by atoms with Gasteiger partial charge in [-0.3, -0.25) is 0 Å². The molecule has 0 aromatic rings. The van der Waals surface area contributed by atoms with Gasteiger partial charge in [-0.25, -0.2) is 0 Å². The van der Waals surface area contributed by atoms with E-state index < -0.39 is 0 Å². The van der Waals surface area contributed by atoms with Gasteiger partial charge < -0.3 is 4.84 Å². The molecule has 0 fully saturated rings. The molecule has 0 aliphatic heterocycles. The molecule has 0 rings (SSSR count). The van der Waals surface area contributed by atoms with Crippen LogP contribution < -0.4 is 0 Å². The molecular formula is C11H23NO. The van der Waals surface area contributed by atoms with Crippen LogP contribution in [0.25, 0.3) is 0 Å². The van der Waals surface area contributed by atoms with Crippen molar-refractivity contribution in [1.29, 1.82) is 0 Å². The predicted molar refractivity (Wildman–Crippen MR) is 58.0 cm³/mol. The quantitative estimate of drug-likeness (QED) is 0.352. The lowest BCUT2D eigenvalue weighted by Crippen LogP contribution is -2.06. The molecule has 78 valence electrons. The van der Waals surface area contributed by atoms with Crippen molar-refractivity contribution in [2.45, 2.75) is 53.4 Å². The average molecular weight is 185 g/mol. The van der Waals surface area contributed by atoms with Crippen molar-refractivity contribution in [3.05, 3.63) is 0 Å². The van der Waals surface area contributed by atoms with Gasteiger partial charge in [-0.05, 0) is 12.8 Å². The Hall–Kier alpha value is -0.530. The molecular weight excluding hydrogens is 162 g/mol. The van der Waals surface area contributed by atoms with Crippen LogP contribution in [0.1, 0.15) is 53.4 Å². The van der Waals surface area contributed by atoms with Gasteiger partial charge in [0.25, 0.3) is 0 Å². The lowest BCUT2D eigenvalue weighted by Gasteiger charge is -2.09. The largest absolute Gasteiger partial charge is 0.396 e. The summed E-state index contributed by atoms with van der Waals surface area (Å²) in [6.45, 7) is 9.29. The zero-order valence-electron chi connectivity index (χ0n) is 9.47. The van der Waals surface area contributed by atoms with E-state index >= 15 is 0 Å². The highest BCUT2D eigenvalue weighted by Crippen LogP contribution is 2.08. The van der Waals surface area contributed by atoms with Crippen molar-refractivity contribution in [3.8, 4) is 0 Å². The monoisotopic (exact) mass is 185 g/mol. The van der Waals surface area contributed by atoms with Gasteiger partial charge in [0.1, 0.15) is 6.61 Å². The van der Waals surface area contributed by atoms with Crippen molar-refractivity contribution in [2.75, 3.05) is 6.61 Å². The minimum Gasteiger partial charge on any atom is -0.396 e. The maximum atomic E-state index is 5.13. The molecule has 0 saturated carbocycles. The summed E-state index contributed by atoms with van der Waals surface area (Å²) in [4.78, 5) is 5.13. The molecule has 13 heavy (non-hydrogen) atoms. The van der Waals surface area contributed by atoms with Crippen LogP contribution in [0.15, 0.2) is 5.16 Å². The van der Waals surface area contributed by atoms with Crippen molar-refractivity contribution in [2.24, 2.45) is 10.6 Å². The third kappa shape index (κ3) is 11.5. The Morgan fingerprint density at radius 2 is 1.85 bits per heavy atom. The Morgan fingerprint density at radius 1 is 1.15 bits per heavy atom. The van der Waals surface area contributed by atoms with E-state index in [4.69, 9.17) is 4.84 Å². The van der Waals surface area contributed by atoms with E-state index in [1.54, 1.807) is 0 Å². The van der Waals surface area contributed by atoms with Crippen LogP contribution in [0, 0.1) is 5.41 Å². The maximum absolute atomic E-state index is 5.13. The molecule has 0 saturated heterocycles. The van der Waals surface area contributed by atoms with Gasteiger partial charge in [-0.15, -0.1) is 0 Å². The molecule has 0 aliphatic carbocycles. The molecule has 0 spiro atoms. The van der Waals surface area contributed by atoms with Crippen LogP contribution in [0.4, 0.5) is 0 Å². The molecule has 0 aliphatic rings. The van der Waals surface area contributed by atoms with Crippen LogP contribution >= 0.6 is 0 Å². The van der Waals surface area contributed by atoms with Crippen molar-refractivity contribution >= 4 is 6.21 Å². The smallest absolute Gasteiger partial charge is 0.117 e. The third-order valence-electron chi connectivity index (χ3n) is 1.60. The molecule has 0 radical (unpaired) electrons. The summed E-state index contributed by atoms with van der Waals surface area (Å²) in [6.07, 6.45) is 6.79. The van der Waals surface area contributed by atoms with Crippen LogP contribution in [0.3, 0.4) is 0 Å². The van der Waals surface area contributed by atoms with Gasteiger partial charge in [0.2, 0.25) is 0 Å². The van der Waals surface area contributed by atoms with E-state index in [-0.39, 0.29) is 5.41 Å². The summed E-state index contributed by atoms with van der Waals surface area (Å²) < 4.78 is 0. The van der Waals surface area contributed by atoms with Crippen molar-refractivity contribution in [3.63, 3.8) is 0 Å². The van der Waals surface area contributed by atoms with Crippen LogP contribution in [-0.4, -0.2) is 12.8 Å². The molecule has 0 bridgehead atoms. The molecule has 0 aromatic carbocycles. The molecule has 0 N–H and O–H groups in total. The van der Waals surface area contributed by atoms with E-state index in [1.165, 1.54) is 19.3 Å². The van der Waals surface area contributed by atoms with Crippen LogP contribution in [-0.2, 0) is 4.84 Å². The van der Waals surface area contributed by atoms with E-state index in [0.717, 1.165) is 13.0 Å². The molecule has 2 nitrogen and oxygen atoms in total. The summed E-state index contributed by atoms with van der Waals surface area (Å²) in [5.41, 5.74) is 0.128. The Morgan fingerprint density at radius 3 is 2.38 bits per heavy atom. The zero-order valence-corrected chi connectivity index (χ0v) is 9.47. The molecule has 2 heteroatoms. The molecule has 0 atom stereocenters. The molecule has 0 amide bonds. The topological polar surface area (TPSA) is 21.6 Å². The van der Waals surface area contributed by atoms with E-state index in [1.807, 2.05) is 6.21 Å².